The molecule has 3 aromatic carbocycles. The third kappa shape index (κ3) is 6.54. The van der Waals surface area contributed by atoms with Crippen molar-refractivity contribution in [3.8, 4) is 5.75 Å². The molecule has 0 saturated carbocycles. The van der Waals surface area contributed by atoms with Gasteiger partial charge in [0.2, 0.25) is 10.0 Å². The van der Waals surface area contributed by atoms with Crippen LogP contribution in [0, 0.1) is 0 Å². The summed E-state index contributed by atoms with van der Waals surface area (Å²) in [5.41, 5.74) is 1.47. The van der Waals surface area contributed by atoms with Crippen molar-refractivity contribution in [3.05, 3.63) is 87.9 Å². The SMILES string of the molecule is C[C@@H](NS(=O)(=O)c1ccc(OCC(=O)Nc2ccc(Br)cc2)c(Cl)c1)c1ccccc1. The first kappa shape index (κ1) is 23.3. The maximum atomic E-state index is 12.7. The van der Waals surface area contributed by atoms with Gasteiger partial charge in [-0.3, -0.25) is 4.79 Å². The summed E-state index contributed by atoms with van der Waals surface area (Å²) in [6.45, 7) is 1.49. The van der Waals surface area contributed by atoms with Crippen molar-refractivity contribution in [1.29, 1.82) is 0 Å². The molecule has 0 aliphatic heterocycles. The minimum absolute atomic E-state index is 0.00643. The fourth-order valence-electron chi connectivity index (χ4n) is 2.75. The largest absolute Gasteiger partial charge is 0.482 e. The van der Waals surface area contributed by atoms with Crippen molar-refractivity contribution in [3.63, 3.8) is 0 Å². The maximum absolute atomic E-state index is 12.7. The fraction of sp³-hybridized carbons (Fsp3) is 0.136. The molecule has 0 saturated heterocycles. The number of benzene rings is 3. The summed E-state index contributed by atoms with van der Waals surface area (Å²) in [6.07, 6.45) is 0. The van der Waals surface area contributed by atoms with Gasteiger partial charge in [-0.05, 0) is 55.0 Å². The van der Waals surface area contributed by atoms with E-state index < -0.39 is 16.1 Å². The van der Waals surface area contributed by atoms with Gasteiger partial charge < -0.3 is 10.1 Å². The van der Waals surface area contributed by atoms with Crippen LogP contribution in [-0.2, 0) is 14.8 Å². The van der Waals surface area contributed by atoms with E-state index in [1.165, 1.54) is 18.2 Å². The molecular formula is C22H20BrClN2O4S. The summed E-state index contributed by atoms with van der Waals surface area (Å²) in [5.74, 6) is -0.156. The van der Waals surface area contributed by atoms with E-state index in [4.69, 9.17) is 16.3 Å². The Kier molecular flexibility index (Phi) is 7.72. The van der Waals surface area contributed by atoms with Gasteiger partial charge in [0.05, 0.1) is 9.92 Å². The number of rotatable bonds is 8. The molecule has 0 aliphatic rings. The number of hydrogen-bond acceptors (Lipinski definition) is 4. The van der Waals surface area contributed by atoms with Gasteiger partial charge in [0.25, 0.3) is 5.91 Å². The standard InChI is InChI=1S/C22H20BrClN2O4S/c1-15(16-5-3-2-4-6-16)26-31(28,29)19-11-12-21(20(24)13-19)30-14-22(27)25-18-9-7-17(23)8-10-18/h2-13,15,26H,14H2,1H3,(H,25,27)/t15-/m1/s1. The number of sulfonamides is 1. The quantitative estimate of drug-likeness (QED) is 0.427. The van der Waals surface area contributed by atoms with Crippen LogP contribution in [0.15, 0.2) is 82.2 Å². The Bertz CT molecular complexity index is 1160. The van der Waals surface area contributed by atoms with Crippen LogP contribution in [0.5, 0.6) is 5.75 Å². The lowest BCUT2D eigenvalue weighted by atomic mass is 10.1. The molecule has 1 atom stereocenters. The van der Waals surface area contributed by atoms with Crippen LogP contribution >= 0.6 is 27.5 Å². The number of carbonyl (C=O) groups is 1. The zero-order valence-electron chi connectivity index (χ0n) is 16.5. The third-order valence-corrected chi connectivity index (χ3v) is 6.69. The molecule has 0 spiro atoms. The molecule has 162 valence electrons. The Hall–Kier alpha value is -2.39. The second kappa shape index (κ2) is 10.3. The highest BCUT2D eigenvalue weighted by Crippen LogP contribution is 2.28. The molecule has 1 amide bonds. The molecule has 0 aliphatic carbocycles. The number of amides is 1. The molecule has 6 nitrogen and oxygen atoms in total. The summed E-state index contributed by atoms with van der Waals surface area (Å²) >= 11 is 9.52. The Balaban J connectivity index is 1.62. The van der Waals surface area contributed by atoms with Gasteiger partial charge >= 0.3 is 0 Å². The van der Waals surface area contributed by atoms with Crippen molar-refractivity contribution >= 4 is 49.1 Å². The minimum Gasteiger partial charge on any atom is -0.482 e. The number of ether oxygens (including phenoxy) is 1. The smallest absolute Gasteiger partial charge is 0.262 e. The first-order valence-electron chi connectivity index (χ1n) is 9.29. The van der Waals surface area contributed by atoms with Crippen LogP contribution in [0.4, 0.5) is 5.69 Å². The number of halogens is 2. The lowest BCUT2D eigenvalue weighted by Gasteiger charge is -2.15. The van der Waals surface area contributed by atoms with E-state index in [0.717, 1.165) is 10.0 Å². The molecule has 9 heteroatoms. The van der Waals surface area contributed by atoms with Gasteiger partial charge in [0.1, 0.15) is 5.75 Å². The molecule has 0 aromatic heterocycles. The van der Waals surface area contributed by atoms with Crippen molar-refractivity contribution in [2.24, 2.45) is 0 Å². The van der Waals surface area contributed by atoms with E-state index >= 15 is 0 Å². The highest BCUT2D eigenvalue weighted by Gasteiger charge is 2.20. The summed E-state index contributed by atoms with van der Waals surface area (Å²) < 4.78 is 34.4. The van der Waals surface area contributed by atoms with Crippen LogP contribution in [0.3, 0.4) is 0 Å². The van der Waals surface area contributed by atoms with Crippen molar-refractivity contribution < 1.29 is 17.9 Å². The molecule has 31 heavy (non-hydrogen) atoms. The van der Waals surface area contributed by atoms with Crippen molar-refractivity contribution in [2.75, 3.05) is 11.9 Å². The van der Waals surface area contributed by atoms with E-state index in [9.17, 15) is 13.2 Å². The van der Waals surface area contributed by atoms with E-state index in [1.807, 2.05) is 30.3 Å². The Morgan fingerprint density at radius 2 is 1.74 bits per heavy atom. The number of carbonyl (C=O) groups excluding carboxylic acids is 1. The topological polar surface area (TPSA) is 84.5 Å². The van der Waals surface area contributed by atoms with Gasteiger partial charge in [-0.2, -0.15) is 0 Å². The molecule has 0 bridgehead atoms. The monoisotopic (exact) mass is 522 g/mol. The molecule has 3 rings (SSSR count). The van der Waals surface area contributed by atoms with Gasteiger partial charge in [-0.1, -0.05) is 57.9 Å². The van der Waals surface area contributed by atoms with Gasteiger partial charge in [-0.25, -0.2) is 13.1 Å². The van der Waals surface area contributed by atoms with Gasteiger partial charge in [0.15, 0.2) is 6.61 Å². The minimum atomic E-state index is -3.80. The van der Waals surface area contributed by atoms with E-state index in [2.05, 4.69) is 26.0 Å². The summed E-state index contributed by atoms with van der Waals surface area (Å²) in [4.78, 5) is 12.1. The summed E-state index contributed by atoms with van der Waals surface area (Å²) in [5, 5.41) is 2.79. The van der Waals surface area contributed by atoms with Gasteiger partial charge in [0, 0.05) is 16.2 Å². The first-order valence-corrected chi connectivity index (χ1v) is 11.9. The molecule has 3 aromatic rings. The highest BCUT2D eigenvalue weighted by atomic mass is 79.9. The molecule has 0 fully saturated rings. The zero-order valence-corrected chi connectivity index (χ0v) is 19.7. The average molecular weight is 524 g/mol. The van der Waals surface area contributed by atoms with Crippen LogP contribution < -0.4 is 14.8 Å². The first-order chi connectivity index (χ1) is 14.7. The second-order valence-electron chi connectivity index (χ2n) is 6.69. The predicted molar refractivity (Wildman–Crippen MR) is 125 cm³/mol. The average Bonchev–Trinajstić information content (AvgIpc) is 2.75. The van der Waals surface area contributed by atoms with E-state index in [1.54, 1.807) is 31.2 Å². The maximum Gasteiger partial charge on any atom is 0.262 e. The number of anilines is 1. The van der Waals surface area contributed by atoms with Crippen LogP contribution in [0.25, 0.3) is 0 Å². The van der Waals surface area contributed by atoms with Crippen LogP contribution in [0.1, 0.15) is 18.5 Å². The molecule has 0 radical (unpaired) electrons. The van der Waals surface area contributed by atoms with Crippen LogP contribution in [0.2, 0.25) is 5.02 Å². The lowest BCUT2D eigenvalue weighted by Crippen LogP contribution is -2.27. The summed E-state index contributed by atoms with van der Waals surface area (Å²) in [6, 6.07) is 20.0. The third-order valence-electron chi connectivity index (χ3n) is 4.33. The Morgan fingerprint density at radius 3 is 2.39 bits per heavy atom. The number of nitrogens with one attached hydrogen (secondary N) is 2. The van der Waals surface area contributed by atoms with Crippen molar-refractivity contribution in [2.45, 2.75) is 17.9 Å². The predicted octanol–water partition coefficient (Wildman–Crippen LogP) is 5.16. The van der Waals surface area contributed by atoms with Crippen LogP contribution in [-0.4, -0.2) is 20.9 Å². The molecular weight excluding hydrogens is 504 g/mol. The highest BCUT2D eigenvalue weighted by molar-refractivity contribution is 9.10. The Morgan fingerprint density at radius 1 is 1.06 bits per heavy atom. The second-order valence-corrected chi connectivity index (χ2v) is 9.73. The molecule has 0 unspecified atom stereocenters. The normalized spacial score (nSPS) is 12.2. The lowest BCUT2D eigenvalue weighted by molar-refractivity contribution is -0.118. The van der Waals surface area contributed by atoms with E-state index in [-0.39, 0.29) is 28.2 Å². The molecule has 0 heterocycles. The van der Waals surface area contributed by atoms with Crippen molar-refractivity contribution in [1.82, 2.24) is 4.72 Å². The number of hydrogen-bond donors (Lipinski definition) is 2. The molecule has 2 N–H and O–H groups in total. The Labute approximate surface area is 194 Å². The van der Waals surface area contributed by atoms with E-state index in [0.29, 0.717) is 5.69 Å². The zero-order chi connectivity index (χ0) is 22.4. The fourth-order valence-corrected chi connectivity index (χ4v) is 4.57. The van der Waals surface area contributed by atoms with Gasteiger partial charge in [-0.15, -0.1) is 0 Å². The summed E-state index contributed by atoms with van der Waals surface area (Å²) in [7, 11) is -3.80.